The molecular weight excluding hydrogens is 524 g/mol. The average molecular weight is 597 g/mol. The molecular formula is C34H72N6O2. The van der Waals surface area contributed by atoms with E-state index in [2.05, 4.69) is 45.7 Å². The van der Waals surface area contributed by atoms with Gasteiger partial charge in [-0.05, 0) is 12.8 Å². The van der Waals surface area contributed by atoms with Gasteiger partial charge in [-0.15, -0.1) is 0 Å². The summed E-state index contributed by atoms with van der Waals surface area (Å²) in [4.78, 5) is 23.9. The van der Waals surface area contributed by atoms with E-state index in [4.69, 9.17) is 0 Å². The number of amides is 2. The van der Waals surface area contributed by atoms with Gasteiger partial charge in [-0.1, -0.05) is 117 Å². The van der Waals surface area contributed by atoms with Crippen LogP contribution in [0.15, 0.2) is 0 Å². The third kappa shape index (κ3) is 35.0. The molecule has 0 aromatic rings. The van der Waals surface area contributed by atoms with Gasteiger partial charge in [0, 0.05) is 78.3 Å². The van der Waals surface area contributed by atoms with Crippen LogP contribution in [0.1, 0.15) is 142 Å². The Hall–Kier alpha value is -1.22. The normalized spacial score (nSPS) is 11.2. The monoisotopic (exact) mass is 597 g/mol. The molecule has 0 radical (unpaired) electrons. The zero-order chi connectivity index (χ0) is 30.6. The summed E-state index contributed by atoms with van der Waals surface area (Å²) >= 11 is 0. The van der Waals surface area contributed by atoms with Crippen LogP contribution in [0.4, 0.5) is 0 Å². The Morgan fingerprint density at radius 2 is 0.595 bits per heavy atom. The van der Waals surface area contributed by atoms with Crippen LogP contribution in [-0.2, 0) is 9.59 Å². The molecule has 0 rings (SSSR count). The molecule has 42 heavy (non-hydrogen) atoms. The summed E-state index contributed by atoms with van der Waals surface area (Å²) in [6.07, 6.45) is 24.6. The van der Waals surface area contributed by atoms with E-state index in [-0.39, 0.29) is 11.8 Å². The van der Waals surface area contributed by atoms with Crippen molar-refractivity contribution in [1.29, 1.82) is 0 Å². The predicted molar refractivity (Wildman–Crippen MR) is 181 cm³/mol. The maximum atomic E-state index is 11.9. The average Bonchev–Trinajstić information content (AvgIpc) is 2.99. The smallest absolute Gasteiger partial charge is 0.221 e. The van der Waals surface area contributed by atoms with Gasteiger partial charge in [0.15, 0.2) is 0 Å². The molecule has 0 heterocycles. The van der Waals surface area contributed by atoms with Crippen molar-refractivity contribution < 1.29 is 9.59 Å². The van der Waals surface area contributed by atoms with Gasteiger partial charge in [-0.25, -0.2) is 0 Å². The van der Waals surface area contributed by atoms with Crippen LogP contribution < -0.4 is 31.9 Å². The minimum absolute atomic E-state index is 0.155. The van der Waals surface area contributed by atoms with E-state index in [1.165, 1.54) is 103 Å². The second-order valence-electron chi connectivity index (χ2n) is 11.9. The van der Waals surface area contributed by atoms with Crippen molar-refractivity contribution in [3.63, 3.8) is 0 Å². The first-order chi connectivity index (χ1) is 20.7. The van der Waals surface area contributed by atoms with E-state index in [1.807, 2.05) is 0 Å². The number of rotatable bonds is 35. The molecule has 0 fully saturated rings. The van der Waals surface area contributed by atoms with Crippen LogP contribution in [0.5, 0.6) is 0 Å². The molecule has 0 aliphatic rings. The summed E-state index contributed by atoms with van der Waals surface area (Å²) in [6.45, 7) is 13.0. The minimum atomic E-state index is 0.155. The molecule has 0 atom stereocenters. The highest BCUT2D eigenvalue weighted by molar-refractivity contribution is 5.76. The molecule has 0 aliphatic carbocycles. The number of unbranched alkanes of at least 4 members (excludes halogenated alkanes) is 16. The van der Waals surface area contributed by atoms with Gasteiger partial charge in [0.1, 0.15) is 0 Å². The molecule has 0 saturated heterocycles. The fraction of sp³-hybridized carbons (Fsp3) is 0.941. The zero-order valence-corrected chi connectivity index (χ0v) is 28.0. The summed E-state index contributed by atoms with van der Waals surface area (Å²) in [5, 5.41) is 19.6. The third-order valence-corrected chi connectivity index (χ3v) is 7.70. The van der Waals surface area contributed by atoms with Crippen molar-refractivity contribution in [2.45, 2.75) is 142 Å². The van der Waals surface area contributed by atoms with Crippen molar-refractivity contribution in [2.75, 3.05) is 65.4 Å². The number of carbonyl (C=O) groups excluding carboxylic acids is 2. The summed E-state index contributed by atoms with van der Waals surface area (Å²) in [5.41, 5.74) is 0. The first kappa shape index (κ1) is 40.8. The van der Waals surface area contributed by atoms with E-state index in [0.29, 0.717) is 12.8 Å². The van der Waals surface area contributed by atoms with E-state index >= 15 is 0 Å². The topological polar surface area (TPSA) is 106 Å². The summed E-state index contributed by atoms with van der Waals surface area (Å²) in [6, 6.07) is 0. The Balaban J connectivity index is 3.21. The van der Waals surface area contributed by atoms with Crippen molar-refractivity contribution in [2.24, 2.45) is 0 Å². The SMILES string of the molecule is CCCCCCCCCCCNC(=O)CCNCCNCCNCCNCCC(=O)NCCCCCCCCCCC. The van der Waals surface area contributed by atoms with Crippen LogP contribution >= 0.6 is 0 Å². The van der Waals surface area contributed by atoms with Gasteiger partial charge in [0.05, 0.1) is 0 Å². The Bertz CT molecular complexity index is 516. The lowest BCUT2D eigenvalue weighted by Crippen LogP contribution is -2.36. The number of hydrogen-bond donors (Lipinski definition) is 6. The zero-order valence-electron chi connectivity index (χ0n) is 28.0. The van der Waals surface area contributed by atoms with E-state index in [1.54, 1.807) is 0 Å². The fourth-order valence-corrected chi connectivity index (χ4v) is 4.94. The van der Waals surface area contributed by atoms with Gasteiger partial charge in [0.2, 0.25) is 11.8 Å². The molecule has 0 saturated carbocycles. The maximum absolute atomic E-state index is 11.9. The van der Waals surface area contributed by atoms with Gasteiger partial charge in [-0.2, -0.15) is 0 Å². The Morgan fingerprint density at radius 1 is 0.333 bits per heavy atom. The first-order valence-electron chi connectivity index (χ1n) is 18.1. The molecule has 0 unspecified atom stereocenters. The van der Waals surface area contributed by atoms with E-state index in [9.17, 15) is 9.59 Å². The standard InChI is InChI=1S/C34H72N6O2/c1-3-5-7-9-11-13-15-17-19-23-39-33(41)21-25-35-27-29-37-31-32-38-30-28-36-26-22-34(42)40-24-20-18-16-14-12-10-8-6-4-2/h35-38H,3-32H2,1-2H3,(H,39,41)(H,40,42). The quantitative estimate of drug-likeness (QED) is 0.0546. The van der Waals surface area contributed by atoms with Crippen molar-refractivity contribution >= 4 is 11.8 Å². The van der Waals surface area contributed by atoms with Gasteiger partial charge >= 0.3 is 0 Å². The van der Waals surface area contributed by atoms with Crippen LogP contribution in [0.2, 0.25) is 0 Å². The van der Waals surface area contributed by atoms with Gasteiger partial charge < -0.3 is 31.9 Å². The third-order valence-electron chi connectivity index (χ3n) is 7.70. The molecule has 0 aromatic heterocycles. The Morgan fingerprint density at radius 3 is 0.905 bits per heavy atom. The van der Waals surface area contributed by atoms with E-state index < -0.39 is 0 Å². The summed E-state index contributed by atoms with van der Waals surface area (Å²) < 4.78 is 0. The predicted octanol–water partition coefficient (Wildman–Crippen LogP) is 5.42. The molecule has 0 aromatic carbocycles. The molecule has 2 amide bonds. The largest absolute Gasteiger partial charge is 0.356 e. The highest BCUT2D eigenvalue weighted by Gasteiger charge is 2.01. The second kappa shape index (κ2) is 36.0. The second-order valence-corrected chi connectivity index (χ2v) is 11.9. The molecule has 6 N–H and O–H groups in total. The lowest BCUT2D eigenvalue weighted by molar-refractivity contribution is -0.121. The molecule has 0 spiro atoms. The number of nitrogens with one attached hydrogen (secondary N) is 6. The van der Waals surface area contributed by atoms with Crippen LogP contribution in [-0.4, -0.2) is 77.3 Å². The number of carbonyl (C=O) groups is 2. The fourth-order valence-electron chi connectivity index (χ4n) is 4.94. The van der Waals surface area contributed by atoms with Crippen LogP contribution in [0.25, 0.3) is 0 Å². The molecule has 8 heteroatoms. The molecule has 250 valence electrons. The van der Waals surface area contributed by atoms with Gasteiger partial charge in [0.25, 0.3) is 0 Å². The minimum Gasteiger partial charge on any atom is -0.356 e. The van der Waals surface area contributed by atoms with Crippen molar-refractivity contribution in [3.05, 3.63) is 0 Å². The lowest BCUT2D eigenvalue weighted by atomic mass is 10.1. The van der Waals surface area contributed by atoms with Crippen LogP contribution in [0.3, 0.4) is 0 Å². The highest BCUT2D eigenvalue weighted by atomic mass is 16.2. The Kier molecular flexibility index (Phi) is 34.9. The van der Waals surface area contributed by atoms with E-state index in [0.717, 1.165) is 78.3 Å². The van der Waals surface area contributed by atoms with Crippen molar-refractivity contribution in [3.8, 4) is 0 Å². The molecule has 0 aliphatic heterocycles. The Labute approximate surface area is 260 Å². The first-order valence-corrected chi connectivity index (χ1v) is 18.1. The highest BCUT2D eigenvalue weighted by Crippen LogP contribution is 2.10. The van der Waals surface area contributed by atoms with Gasteiger partial charge in [-0.3, -0.25) is 9.59 Å². The number of hydrogen-bond acceptors (Lipinski definition) is 6. The van der Waals surface area contributed by atoms with Crippen molar-refractivity contribution in [1.82, 2.24) is 31.9 Å². The lowest BCUT2D eigenvalue weighted by Gasteiger charge is -2.09. The molecule has 8 nitrogen and oxygen atoms in total. The maximum Gasteiger partial charge on any atom is 0.221 e. The molecule has 0 bridgehead atoms. The summed E-state index contributed by atoms with van der Waals surface area (Å²) in [7, 11) is 0. The summed E-state index contributed by atoms with van der Waals surface area (Å²) in [5.74, 6) is 0.310. The van der Waals surface area contributed by atoms with Crippen LogP contribution in [0, 0.1) is 0 Å².